The molecule has 0 radical (unpaired) electrons. The van der Waals surface area contributed by atoms with Gasteiger partial charge in [0, 0.05) is 32.0 Å². The van der Waals surface area contributed by atoms with Gasteiger partial charge >= 0.3 is 5.97 Å². The summed E-state index contributed by atoms with van der Waals surface area (Å²) in [5.74, 6) is -0.596. The number of hydrogen-bond acceptors (Lipinski definition) is 4. The maximum atomic E-state index is 12.2. The normalized spacial score (nSPS) is 16.6. The lowest BCUT2D eigenvalue weighted by Gasteiger charge is -2.30. The number of aromatic nitrogens is 2. The lowest BCUT2D eigenvalue weighted by Crippen LogP contribution is -2.40. The van der Waals surface area contributed by atoms with E-state index >= 15 is 0 Å². The van der Waals surface area contributed by atoms with E-state index in [0.717, 1.165) is 6.42 Å². The average molecular weight is 265 g/mol. The number of piperidine rings is 1. The minimum absolute atomic E-state index is 0.0851. The predicted molar refractivity (Wildman–Crippen MR) is 71.4 cm³/mol. The van der Waals surface area contributed by atoms with Gasteiger partial charge < -0.3 is 14.6 Å². The zero-order valence-electron chi connectivity index (χ0n) is 11.1. The molecule has 1 aromatic rings. The molecule has 0 spiro atoms. The molecule has 2 heterocycles. The molecule has 0 atom stereocenters. The first kappa shape index (κ1) is 13.6. The molecule has 0 aromatic carbocycles. The Bertz CT molecular complexity index is 504. The van der Waals surface area contributed by atoms with Crippen molar-refractivity contribution in [1.29, 1.82) is 0 Å². The van der Waals surface area contributed by atoms with E-state index in [4.69, 9.17) is 5.11 Å². The van der Waals surface area contributed by atoms with Crippen molar-refractivity contribution in [2.75, 3.05) is 18.0 Å². The van der Waals surface area contributed by atoms with Gasteiger partial charge in [-0.3, -0.25) is 9.59 Å². The lowest BCUT2D eigenvalue weighted by atomic mass is 9.97. The highest BCUT2D eigenvalue weighted by Crippen LogP contribution is 2.19. The highest BCUT2D eigenvalue weighted by atomic mass is 16.4. The fraction of sp³-hybridized carbons (Fsp3) is 0.615. The Balaban J connectivity index is 2.13. The minimum atomic E-state index is -0.746. The Hall–Kier alpha value is -1.85. The van der Waals surface area contributed by atoms with E-state index in [9.17, 15) is 9.59 Å². The lowest BCUT2D eigenvalue weighted by molar-refractivity contribution is -0.142. The van der Waals surface area contributed by atoms with Gasteiger partial charge in [0.1, 0.15) is 0 Å². The highest BCUT2D eigenvalue weighted by molar-refractivity contribution is 5.70. The van der Waals surface area contributed by atoms with Crippen LogP contribution in [0.25, 0.3) is 0 Å². The summed E-state index contributed by atoms with van der Waals surface area (Å²) in [6.45, 7) is 3.86. The zero-order valence-corrected chi connectivity index (χ0v) is 11.1. The van der Waals surface area contributed by atoms with Crippen molar-refractivity contribution in [3.8, 4) is 0 Å². The first-order valence-corrected chi connectivity index (χ1v) is 6.66. The molecule has 1 aliphatic rings. The van der Waals surface area contributed by atoms with Crippen LogP contribution in [0.2, 0.25) is 0 Å². The average Bonchev–Trinajstić information content (AvgIpc) is 2.41. The molecule has 1 fully saturated rings. The number of carboxylic acids is 1. The van der Waals surface area contributed by atoms with Crippen molar-refractivity contribution in [1.82, 2.24) is 9.55 Å². The van der Waals surface area contributed by atoms with Crippen LogP contribution in [0, 0.1) is 5.92 Å². The van der Waals surface area contributed by atoms with Crippen LogP contribution in [-0.2, 0) is 11.3 Å². The van der Waals surface area contributed by atoms with Gasteiger partial charge in [-0.15, -0.1) is 0 Å². The van der Waals surface area contributed by atoms with Crippen molar-refractivity contribution in [3.63, 3.8) is 0 Å². The second kappa shape index (κ2) is 5.86. The smallest absolute Gasteiger partial charge is 0.306 e. The summed E-state index contributed by atoms with van der Waals surface area (Å²) in [5.41, 5.74) is -0.0851. The summed E-state index contributed by atoms with van der Waals surface area (Å²) in [6.07, 6.45) is 5.36. The Kier molecular flexibility index (Phi) is 4.19. The zero-order chi connectivity index (χ0) is 13.8. The first-order chi connectivity index (χ1) is 9.13. The van der Waals surface area contributed by atoms with E-state index < -0.39 is 5.97 Å². The van der Waals surface area contributed by atoms with E-state index in [0.29, 0.717) is 38.3 Å². The quantitative estimate of drug-likeness (QED) is 0.877. The number of rotatable bonds is 4. The first-order valence-electron chi connectivity index (χ1n) is 6.66. The largest absolute Gasteiger partial charge is 0.481 e. The summed E-state index contributed by atoms with van der Waals surface area (Å²) in [4.78, 5) is 29.2. The van der Waals surface area contributed by atoms with E-state index in [1.165, 1.54) is 0 Å². The van der Waals surface area contributed by atoms with Gasteiger partial charge in [-0.25, -0.2) is 4.98 Å². The van der Waals surface area contributed by atoms with Crippen LogP contribution < -0.4 is 10.5 Å². The monoisotopic (exact) mass is 265 g/mol. The maximum absolute atomic E-state index is 12.2. The summed E-state index contributed by atoms with van der Waals surface area (Å²) >= 11 is 0. The fourth-order valence-electron chi connectivity index (χ4n) is 2.41. The van der Waals surface area contributed by atoms with Gasteiger partial charge in [0.05, 0.1) is 5.92 Å². The third-order valence-corrected chi connectivity index (χ3v) is 3.50. The number of aliphatic carboxylic acids is 1. The Morgan fingerprint density at radius 2 is 2.16 bits per heavy atom. The van der Waals surface area contributed by atoms with Gasteiger partial charge in [0.2, 0.25) is 0 Å². The number of aryl methyl sites for hydroxylation is 1. The van der Waals surface area contributed by atoms with Gasteiger partial charge in [-0.05, 0) is 19.3 Å². The summed E-state index contributed by atoms with van der Waals surface area (Å²) < 4.78 is 1.66. The molecule has 1 aromatic heterocycles. The van der Waals surface area contributed by atoms with Gasteiger partial charge in [0.15, 0.2) is 5.82 Å². The van der Waals surface area contributed by atoms with Crippen molar-refractivity contribution in [3.05, 3.63) is 22.7 Å². The summed E-state index contributed by atoms with van der Waals surface area (Å²) in [5, 5.41) is 8.96. The number of hydrogen-bond donors (Lipinski definition) is 1. The molecule has 0 bridgehead atoms. The third kappa shape index (κ3) is 2.94. The molecular formula is C13H19N3O3. The minimum Gasteiger partial charge on any atom is -0.481 e. The molecule has 0 saturated carbocycles. The van der Waals surface area contributed by atoms with E-state index in [-0.39, 0.29) is 11.5 Å². The van der Waals surface area contributed by atoms with Crippen LogP contribution in [-0.4, -0.2) is 33.7 Å². The van der Waals surface area contributed by atoms with Crippen LogP contribution in [0.4, 0.5) is 5.82 Å². The van der Waals surface area contributed by atoms with Gasteiger partial charge in [-0.2, -0.15) is 0 Å². The molecule has 0 amide bonds. The van der Waals surface area contributed by atoms with Crippen LogP contribution >= 0.6 is 0 Å². The van der Waals surface area contributed by atoms with Crippen molar-refractivity contribution < 1.29 is 9.90 Å². The molecule has 19 heavy (non-hydrogen) atoms. The highest BCUT2D eigenvalue weighted by Gasteiger charge is 2.26. The molecule has 1 aliphatic heterocycles. The second-order valence-electron chi connectivity index (χ2n) is 4.85. The van der Waals surface area contributed by atoms with Crippen molar-refractivity contribution in [2.45, 2.75) is 32.7 Å². The topological polar surface area (TPSA) is 75.4 Å². The van der Waals surface area contributed by atoms with E-state index in [1.807, 2.05) is 11.8 Å². The molecule has 1 N–H and O–H groups in total. The molecule has 2 rings (SSSR count). The van der Waals surface area contributed by atoms with Crippen LogP contribution in [0.5, 0.6) is 0 Å². The molecule has 6 heteroatoms. The summed E-state index contributed by atoms with van der Waals surface area (Å²) in [7, 11) is 0. The second-order valence-corrected chi connectivity index (χ2v) is 4.85. The number of nitrogens with zero attached hydrogens (tertiary/aromatic N) is 3. The number of carboxylic acid groups (broad SMARTS) is 1. The van der Waals surface area contributed by atoms with Crippen LogP contribution in [0.15, 0.2) is 17.2 Å². The number of carbonyl (C=O) groups is 1. The standard InChI is InChI=1S/C13H19N3O3/c1-2-6-16-9-5-14-11(12(16)17)15-7-3-10(4-8-15)13(18)19/h5,9-10H,2-4,6-8H2,1H3,(H,18,19). The molecule has 104 valence electrons. The molecule has 6 nitrogen and oxygen atoms in total. The molecule has 0 aliphatic carbocycles. The summed E-state index contributed by atoms with van der Waals surface area (Å²) in [6, 6.07) is 0. The Morgan fingerprint density at radius 1 is 1.47 bits per heavy atom. The van der Waals surface area contributed by atoms with Crippen LogP contribution in [0.1, 0.15) is 26.2 Å². The number of anilines is 1. The Labute approximate surface area is 111 Å². The third-order valence-electron chi connectivity index (χ3n) is 3.50. The van der Waals surface area contributed by atoms with E-state index in [1.54, 1.807) is 17.0 Å². The van der Waals surface area contributed by atoms with Crippen LogP contribution in [0.3, 0.4) is 0 Å². The molecule has 0 unspecified atom stereocenters. The SMILES string of the molecule is CCCn1ccnc(N2CCC(C(=O)O)CC2)c1=O. The maximum Gasteiger partial charge on any atom is 0.306 e. The van der Waals surface area contributed by atoms with Crippen molar-refractivity contribution >= 4 is 11.8 Å². The van der Waals surface area contributed by atoms with Crippen molar-refractivity contribution in [2.24, 2.45) is 5.92 Å². The van der Waals surface area contributed by atoms with Gasteiger partial charge in [-0.1, -0.05) is 6.92 Å². The Morgan fingerprint density at radius 3 is 2.74 bits per heavy atom. The van der Waals surface area contributed by atoms with E-state index in [2.05, 4.69) is 4.98 Å². The van der Waals surface area contributed by atoms with Gasteiger partial charge in [0.25, 0.3) is 5.56 Å². The molecule has 1 saturated heterocycles. The fourth-order valence-corrected chi connectivity index (χ4v) is 2.41. The molecular weight excluding hydrogens is 246 g/mol. The predicted octanol–water partition coefficient (Wildman–Crippen LogP) is 0.954.